The number of rotatable bonds is 2. The van der Waals surface area contributed by atoms with Crippen molar-refractivity contribution in [2.45, 2.75) is 25.7 Å². The van der Waals surface area contributed by atoms with Crippen molar-refractivity contribution in [1.29, 1.82) is 0 Å². The normalized spacial score (nSPS) is 29.8. The van der Waals surface area contributed by atoms with Crippen LogP contribution in [0.15, 0.2) is 24.3 Å². The largest absolute Gasteiger partial charge is 0.324 e. The molecule has 102 valence electrons. The van der Waals surface area contributed by atoms with Gasteiger partial charge < -0.3 is 10.6 Å². The van der Waals surface area contributed by atoms with E-state index in [1.54, 1.807) is 6.07 Å². The molecular weight excluding hydrogens is 260 g/mol. The maximum atomic E-state index is 12.7. The molecule has 0 unspecified atom stereocenters. The zero-order valence-electron chi connectivity index (χ0n) is 10.9. The molecule has 1 amide bonds. The summed E-state index contributed by atoms with van der Waals surface area (Å²) >= 11 is 6.12. The number of nitrogens with one attached hydrogen (secondary N) is 2. The highest BCUT2D eigenvalue weighted by Gasteiger charge is 2.49. The topological polar surface area (TPSA) is 41.1 Å². The molecule has 19 heavy (non-hydrogen) atoms. The second-order valence-electron chi connectivity index (χ2n) is 5.66. The Balaban J connectivity index is 1.81. The Morgan fingerprint density at radius 2 is 2.21 bits per heavy atom. The van der Waals surface area contributed by atoms with Crippen LogP contribution in [0.4, 0.5) is 5.69 Å². The Morgan fingerprint density at radius 1 is 1.37 bits per heavy atom. The van der Waals surface area contributed by atoms with E-state index in [1.165, 1.54) is 6.42 Å². The maximum Gasteiger partial charge on any atom is 0.232 e. The Morgan fingerprint density at radius 3 is 3.05 bits per heavy atom. The third kappa shape index (κ3) is 2.26. The van der Waals surface area contributed by atoms with Crippen LogP contribution in [-0.4, -0.2) is 19.0 Å². The molecule has 1 saturated carbocycles. The van der Waals surface area contributed by atoms with Gasteiger partial charge >= 0.3 is 0 Å². The maximum absolute atomic E-state index is 12.7. The van der Waals surface area contributed by atoms with Crippen LogP contribution in [0.5, 0.6) is 0 Å². The van der Waals surface area contributed by atoms with Crippen LogP contribution < -0.4 is 10.6 Å². The Hall–Kier alpha value is -1.06. The number of anilines is 1. The summed E-state index contributed by atoms with van der Waals surface area (Å²) < 4.78 is 0. The van der Waals surface area contributed by atoms with Gasteiger partial charge in [-0.2, -0.15) is 0 Å². The van der Waals surface area contributed by atoms with Gasteiger partial charge in [0.2, 0.25) is 5.91 Å². The van der Waals surface area contributed by atoms with Crippen molar-refractivity contribution < 1.29 is 4.79 Å². The molecule has 1 aromatic rings. The number of benzene rings is 1. The summed E-state index contributed by atoms with van der Waals surface area (Å²) in [4.78, 5) is 12.7. The van der Waals surface area contributed by atoms with Crippen LogP contribution in [0.25, 0.3) is 0 Å². The monoisotopic (exact) mass is 278 g/mol. The van der Waals surface area contributed by atoms with Crippen molar-refractivity contribution in [2.24, 2.45) is 11.3 Å². The predicted molar refractivity (Wildman–Crippen MR) is 77.3 cm³/mol. The molecule has 3 nitrogen and oxygen atoms in total. The van der Waals surface area contributed by atoms with Crippen molar-refractivity contribution >= 4 is 23.2 Å². The lowest BCUT2D eigenvalue weighted by Gasteiger charge is -2.37. The van der Waals surface area contributed by atoms with Gasteiger partial charge in [0.15, 0.2) is 0 Å². The quantitative estimate of drug-likeness (QED) is 0.873. The van der Waals surface area contributed by atoms with Gasteiger partial charge in [-0.15, -0.1) is 0 Å². The highest BCUT2D eigenvalue weighted by molar-refractivity contribution is 6.33. The predicted octanol–water partition coefficient (Wildman–Crippen LogP) is 3.06. The fourth-order valence-electron chi connectivity index (χ4n) is 3.50. The number of carbonyl (C=O) groups is 1. The number of amides is 1. The van der Waals surface area contributed by atoms with Crippen LogP contribution in [0.3, 0.4) is 0 Å². The molecular formula is C15H19ClN2O. The van der Waals surface area contributed by atoms with E-state index in [9.17, 15) is 4.79 Å². The zero-order chi connectivity index (χ0) is 13.3. The number of para-hydroxylation sites is 1. The molecule has 2 aliphatic rings. The first-order chi connectivity index (χ1) is 9.22. The fraction of sp³-hybridized carbons (Fsp3) is 0.533. The van der Waals surface area contributed by atoms with Crippen LogP contribution in [0.1, 0.15) is 25.7 Å². The standard InChI is InChI=1S/C15H19ClN2O/c16-12-6-1-2-7-13(12)18-14(19)15-8-4-3-5-11(15)9-17-10-15/h1-2,6-7,11,17H,3-5,8-10H2,(H,18,19)/t11-,15+/m0/s1. The van der Waals surface area contributed by atoms with Crippen LogP contribution in [-0.2, 0) is 4.79 Å². The number of hydrogen-bond acceptors (Lipinski definition) is 2. The summed E-state index contributed by atoms with van der Waals surface area (Å²) in [5.74, 6) is 0.610. The Kier molecular flexibility index (Phi) is 3.50. The molecule has 4 heteroatoms. The summed E-state index contributed by atoms with van der Waals surface area (Å²) in [5, 5.41) is 7.03. The number of halogens is 1. The third-order valence-corrected chi connectivity index (χ3v) is 4.94. The molecule has 0 bridgehead atoms. The van der Waals surface area contributed by atoms with Gasteiger partial charge in [-0.25, -0.2) is 0 Å². The lowest BCUT2D eigenvalue weighted by Crippen LogP contribution is -2.44. The summed E-state index contributed by atoms with van der Waals surface area (Å²) in [6.45, 7) is 1.77. The average molecular weight is 279 g/mol. The zero-order valence-corrected chi connectivity index (χ0v) is 11.7. The van der Waals surface area contributed by atoms with Crippen LogP contribution >= 0.6 is 11.6 Å². The molecule has 0 spiro atoms. The lowest BCUT2D eigenvalue weighted by atomic mass is 9.67. The van der Waals surface area contributed by atoms with Crippen molar-refractivity contribution in [3.8, 4) is 0 Å². The second kappa shape index (κ2) is 5.14. The van der Waals surface area contributed by atoms with Crippen molar-refractivity contribution in [3.05, 3.63) is 29.3 Å². The van der Waals surface area contributed by atoms with Crippen LogP contribution in [0.2, 0.25) is 5.02 Å². The molecule has 3 rings (SSSR count). The molecule has 1 aromatic carbocycles. The molecule has 0 aromatic heterocycles. The minimum Gasteiger partial charge on any atom is -0.324 e. The number of fused-ring (bicyclic) bond motifs is 1. The van der Waals surface area contributed by atoms with Gasteiger partial charge in [0.1, 0.15) is 0 Å². The Bertz CT molecular complexity index is 491. The lowest BCUT2D eigenvalue weighted by molar-refractivity contribution is -0.128. The van der Waals surface area contributed by atoms with E-state index in [0.717, 1.165) is 38.0 Å². The molecule has 1 aliphatic heterocycles. The minimum atomic E-state index is -0.225. The highest BCUT2D eigenvalue weighted by Crippen LogP contribution is 2.44. The molecule has 1 saturated heterocycles. The minimum absolute atomic E-state index is 0.135. The summed E-state index contributed by atoms with van der Waals surface area (Å²) in [6, 6.07) is 7.43. The van der Waals surface area contributed by atoms with Crippen molar-refractivity contribution in [3.63, 3.8) is 0 Å². The first-order valence-electron chi connectivity index (χ1n) is 6.99. The van der Waals surface area contributed by atoms with E-state index < -0.39 is 0 Å². The molecule has 1 aliphatic carbocycles. The van der Waals surface area contributed by atoms with Gasteiger partial charge in [0.05, 0.1) is 16.1 Å². The summed E-state index contributed by atoms with van der Waals surface area (Å²) in [5.41, 5.74) is 0.497. The SMILES string of the molecule is O=C(Nc1ccccc1Cl)[C@@]12CCCC[C@H]1CNC2. The van der Waals surface area contributed by atoms with Crippen molar-refractivity contribution in [1.82, 2.24) is 5.32 Å². The van der Waals surface area contributed by atoms with E-state index in [2.05, 4.69) is 10.6 Å². The summed E-state index contributed by atoms with van der Waals surface area (Å²) in [7, 11) is 0. The average Bonchev–Trinajstić information content (AvgIpc) is 2.86. The van der Waals surface area contributed by atoms with Gasteiger partial charge in [-0.05, 0) is 37.4 Å². The van der Waals surface area contributed by atoms with Crippen LogP contribution in [0, 0.1) is 11.3 Å². The molecule has 2 atom stereocenters. The molecule has 2 N–H and O–H groups in total. The van der Waals surface area contributed by atoms with E-state index in [-0.39, 0.29) is 11.3 Å². The first kappa shape index (κ1) is 12.9. The first-order valence-corrected chi connectivity index (χ1v) is 7.37. The van der Waals surface area contributed by atoms with E-state index >= 15 is 0 Å². The number of carbonyl (C=O) groups excluding carboxylic acids is 1. The van der Waals surface area contributed by atoms with E-state index in [4.69, 9.17) is 11.6 Å². The van der Waals surface area contributed by atoms with E-state index in [1.807, 2.05) is 18.2 Å². The van der Waals surface area contributed by atoms with Gasteiger partial charge in [0, 0.05) is 6.54 Å². The van der Waals surface area contributed by atoms with Crippen molar-refractivity contribution in [2.75, 3.05) is 18.4 Å². The van der Waals surface area contributed by atoms with Gasteiger partial charge in [-0.3, -0.25) is 4.79 Å². The molecule has 0 radical (unpaired) electrons. The smallest absolute Gasteiger partial charge is 0.232 e. The molecule has 1 heterocycles. The van der Waals surface area contributed by atoms with Gasteiger partial charge in [-0.1, -0.05) is 36.6 Å². The molecule has 2 fully saturated rings. The van der Waals surface area contributed by atoms with Gasteiger partial charge in [0.25, 0.3) is 0 Å². The fourth-order valence-corrected chi connectivity index (χ4v) is 3.68. The third-order valence-electron chi connectivity index (χ3n) is 4.61. The second-order valence-corrected chi connectivity index (χ2v) is 6.07. The number of hydrogen-bond donors (Lipinski definition) is 2. The van der Waals surface area contributed by atoms with E-state index in [0.29, 0.717) is 10.9 Å². The Labute approximate surface area is 118 Å². The summed E-state index contributed by atoms with van der Waals surface area (Å²) in [6.07, 6.45) is 4.53. The highest BCUT2D eigenvalue weighted by atomic mass is 35.5.